The van der Waals surface area contributed by atoms with Crippen molar-refractivity contribution in [2.45, 2.75) is 51.9 Å². The molecule has 2 atom stereocenters. The highest BCUT2D eigenvalue weighted by Crippen LogP contribution is 2.33. The zero-order valence-corrected chi connectivity index (χ0v) is 19.4. The summed E-state index contributed by atoms with van der Waals surface area (Å²) < 4.78 is 15.4. The SMILES string of the molecule is CC(C)C(=O)NCc1ccc(Cl)c(C2NC(=O)CC(c3nc(C#CC4CC4)cs3)N2)c1F. The third-order valence-electron chi connectivity index (χ3n) is 5.34. The predicted molar refractivity (Wildman–Crippen MR) is 121 cm³/mol. The van der Waals surface area contributed by atoms with Crippen molar-refractivity contribution in [1.82, 2.24) is 20.9 Å². The fourth-order valence-corrected chi connectivity index (χ4v) is 4.40. The molecule has 1 aliphatic carbocycles. The van der Waals surface area contributed by atoms with Gasteiger partial charge in [-0.3, -0.25) is 14.9 Å². The molecular weight excluding hydrogens is 451 g/mol. The second-order valence-electron chi connectivity index (χ2n) is 8.35. The van der Waals surface area contributed by atoms with E-state index in [1.165, 1.54) is 17.4 Å². The molecule has 0 radical (unpaired) electrons. The molecule has 4 rings (SSSR count). The molecule has 2 aliphatic rings. The molecule has 1 aliphatic heterocycles. The Labute approximate surface area is 195 Å². The smallest absolute Gasteiger partial charge is 0.223 e. The Kier molecular flexibility index (Phi) is 6.79. The molecule has 32 heavy (non-hydrogen) atoms. The minimum absolute atomic E-state index is 0.0343. The maximum absolute atomic E-state index is 15.4. The summed E-state index contributed by atoms with van der Waals surface area (Å²) in [5.41, 5.74) is 1.13. The minimum Gasteiger partial charge on any atom is -0.352 e. The molecule has 1 aromatic heterocycles. The number of amides is 2. The van der Waals surface area contributed by atoms with Crippen LogP contribution in [0.2, 0.25) is 5.02 Å². The zero-order valence-electron chi connectivity index (χ0n) is 17.8. The third-order valence-corrected chi connectivity index (χ3v) is 6.63. The summed E-state index contributed by atoms with van der Waals surface area (Å²) in [6, 6.07) is 2.73. The normalized spacial score (nSPS) is 20.5. The number of aromatic nitrogens is 1. The second-order valence-corrected chi connectivity index (χ2v) is 9.64. The Hall–Kier alpha value is -2.47. The van der Waals surface area contributed by atoms with Crippen LogP contribution in [0.5, 0.6) is 0 Å². The first-order valence-corrected chi connectivity index (χ1v) is 11.8. The van der Waals surface area contributed by atoms with Crippen molar-refractivity contribution in [1.29, 1.82) is 0 Å². The van der Waals surface area contributed by atoms with Gasteiger partial charge in [0.1, 0.15) is 22.7 Å². The van der Waals surface area contributed by atoms with Crippen LogP contribution in [-0.4, -0.2) is 16.8 Å². The van der Waals surface area contributed by atoms with Crippen molar-refractivity contribution in [2.75, 3.05) is 0 Å². The predicted octanol–water partition coefficient (Wildman–Crippen LogP) is 3.82. The molecule has 2 amide bonds. The maximum atomic E-state index is 15.4. The van der Waals surface area contributed by atoms with Crippen LogP contribution >= 0.6 is 22.9 Å². The molecule has 2 fully saturated rings. The summed E-state index contributed by atoms with van der Waals surface area (Å²) in [7, 11) is 0. The van der Waals surface area contributed by atoms with Crippen LogP contribution < -0.4 is 16.0 Å². The van der Waals surface area contributed by atoms with Gasteiger partial charge in [-0.1, -0.05) is 37.4 Å². The van der Waals surface area contributed by atoms with Crippen molar-refractivity contribution in [3.8, 4) is 11.8 Å². The molecule has 168 valence electrons. The monoisotopic (exact) mass is 474 g/mol. The van der Waals surface area contributed by atoms with E-state index in [1.54, 1.807) is 19.9 Å². The van der Waals surface area contributed by atoms with Crippen LogP contribution in [-0.2, 0) is 16.1 Å². The lowest BCUT2D eigenvalue weighted by Crippen LogP contribution is -2.47. The van der Waals surface area contributed by atoms with Crippen LogP contribution in [0.25, 0.3) is 0 Å². The molecule has 1 saturated carbocycles. The summed E-state index contributed by atoms with van der Waals surface area (Å²) in [4.78, 5) is 28.9. The fraction of sp³-hybridized carbons (Fsp3) is 0.435. The first-order chi connectivity index (χ1) is 15.3. The standard InChI is InChI=1S/C23H24ClFN4O2S/c1-12(2)22(31)26-10-14-6-8-16(24)19(20(14)25)21-28-17(9-18(30)29-21)23-27-15(11-32-23)7-5-13-3-4-13/h6,8,11-13,17,21,28H,3-4,9-10H2,1-2H3,(H,26,31)(H,29,30). The average molecular weight is 475 g/mol. The van der Waals surface area contributed by atoms with Gasteiger partial charge >= 0.3 is 0 Å². The molecule has 9 heteroatoms. The number of nitrogens with one attached hydrogen (secondary N) is 3. The van der Waals surface area contributed by atoms with Gasteiger partial charge in [-0.2, -0.15) is 0 Å². The summed E-state index contributed by atoms with van der Waals surface area (Å²) in [6.07, 6.45) is 1.65. The van der Waals surface area contributed by atoms with Crippen LogP contribution in [0.4, 0.5) is 4.39 Å². The molecule has 0 spiro atoms. The number of hydrogen-bond donors (Lipinski definition) is 3. The molecule has 6 nitrogen and oxygen atoms in total. The number of carbonyl (C=O) groups excluding carboxylic acids is 2. The minimum atomic E-state index is -0.820. The Morgan fingerprint density at radius 2 is 2.19 bits per heavy atom. The van der Waals surface area contributed by atoms with Crippen LogP contribution in [0.15, 0.2) is 17.5 Å². The largest absolute Gasteiger partial charge is 0.352 e. The van der Waals surface area contributed by atoms with E-state index >= 15 is 4.39 Å². The average Bonchev–Trinajstić information content (AvgIpc) is 3.46. The molecule has 2 aromatic rings. The van der Waals surface area contributed by atoms with Gasteiger partial charge in [-0.15, -0.1) is 11.3 Å². The Morgan fingerprint density at radius 1 is 1.41 bits per heavy atom. The van der Waals surface area contributed by atoms with Crippen molar-refractivity contribution >= 4 is 34.8 Å². The van der Waals surface area contributed by atoms with E-state index in [1.807, 2.05) is 5.38 Å². The number of rotatable bonds is 5. The molecular formula is C23H24ClFN4O2S. The summed E-state index contributed by atoms with van der Waals surface area (Å²) in [6.45, 7) is 3.57. The number of halogens is 2. The number of nitrogens with zero attached hydrogens (tertiary/aromatic N) is 1. The van der Waals surface area contributed by atoms with Gasteiger partial charge in [0.05, 0.1) is 11.1 Å². The highest BCUT2D eigenvalue weighted by Gasteiger charge is 2.33. The second kappa shape index (κ2) is 9.57. The van der Waals surface area contributed by atoms with E-state index < -0.39 is 12.0 Å². The molecule has 2 heterocycles. The first kappa shape index (κ1) is 22.7. The van der Waals surface area contributed by atoms with Gasteiger partial charge < -0.3 is 10.6 Å². The summed E-state index contributed by atoms with van der Waals surface area (Å²) in [5.74, 6) is 5.57. The summed E-state index contributed by atoms with van der Waals surface area (Å²) >= 11 is 7.74. The lowest BCUT2D eigenvalue weighted by Gasteiger charge is -2.31. The highest BCUT2D eigenvalue weighted by molar-refractivity contribution is 7.09. The molecule has 2 unspecified atom stereocenters. The van der Waals surface area contributed by atoms with Crippen LogP contribution in [0.3, 0.4) is 0 Å². The fourth-order valence-electron chi connectivity index (χ4n) is 3.33. The third kappa shape index (κ3) is 5.29. The van der Waals surface area contributed by atoms with E-state index in [0.717, 1.165) is 17.8 Å². The highest BCUT2D eigenvalue weighted by atomic mass is 35.5. The zero-order chi connectivity index (χ0) is 22.8. The Balaban J connectivity index is 1.54. The number of carbonyl (C=O) groups is 2. The van der Waals surface area contributed by atoms with Crippen molar-refractivity contribution in [3.05, 3.63) is 50.2 Å². The van der Waals surface area contributed by atoms with E-state index in [2.05, 4.69) is 32.8 Å². The van der Waals surface area contributed by atoms with Crippen molar-refractivity contribution in [3.63, 3.8) is 0 Å². The lowest BCUT2D eigenvalue weighted by molar-refractivity contribution is -0.125. The first-order valence-electron chi connectivity index (χ1n) is 10.6. The number of thiazole rings is 1. The van der Waals surface area contributed by atoms with Gasteiger partial charge in [-0.05, 0) is 24.8 Å². The quantitative estimate of drug-likeness (QED) is 0.575. The van der Waals surface area contributed by atoms with Gasteiger partial charge in [0.15, 0.2) is 0 Å². The maximum Gasteiger partial charge on any atom is 0.223 e. The van der Waals surface area contributed by atoms with Crippen molar-refractivity contribution < 1.29 is 14.0 Å². The van der Waals surface area contributed by atoms with Gasteiger partial charge in [-0.25, -0.2) is 9.37 Å². The van der Waals surface area contributed by atoms with Crippen LogP contribution in [0.1, 0.15) is 67.1 Å². The summed E-state index contributed by atoms with van der Waals surface area (Å²) in [5, 5.41) is 11.5. The Bertz CT molecular complexity index is 1100. The van der Waals surface area contributed by atoms with Gasteiger partial charge in [0.2, 0.25) is 11.8 Å². The molecule has 3 N–H and O–H groups in total. The molecule has 1 saturated heterocycles. The van der Waals surface area contributed by atoms with E-state index in [9.17, 15) is 9.59 Å². The molecule has 1 aromatic carbocycles. The van der Waals surface area contributed by atoms with E-state index in [4.69, 9.17) is 11.6 Å². The lowest BCUT2D eigenvalue weighted by atomic mass is 10.0. The number of benzene rings is 1. The Morgan fingerprint density at radius 3 is 2.91 bits per heavy atom. The van der Waals surface area contributed by atoms with E-state index in [0.29, 0.717) is 17.2 Å². The van der Waals surface area contributed by atoms with Crippen molar-refractivity contribution in [2.24, 2.45) is 11.8 Å². The number of hydrogen-bond acceptors (Lipinski definition) is 5. The van der Waals surface area contributed by atoms with E-state index in [-0.39, 0.29) is 47.3 Å². The topological polar surface area (TPSA) is 83.1 Å². The van der Waals surface area contributed by atoms with Crippen LogP contribution in [0, 0.1) is 29.5 Å². The van der Waals surface area contributed by atoms with Gasteiger partial charge in [0.25, 0.3) is 0 Å². The van der Waals surface area contributed by atoms with Gasteiger partial charge in [0, 0.05) is 41.3 Å². The molecule has 0 bridgehead atoms.